The first-order chi connectivity index (χ1) is 11.6. The van der Waals surface area contributed by atoms with Gasteiger partial charge in [-0.2, -0.15) is 0 Å². The van der Waals surface area contributed by atoms with Gasteiger partial charge >= 0.3 is 0 Å². The summed E-state index contributed by atoms with van der Waals surface area (Å²) in [5.74, 6) is 1.71. The summed E-state index contributed by atoms with van der Waals surface area (Å²) in [5.41, 5.74) is -0.130. The fourth-order valence-corrected chi connectivity index (χ4v) is 3.03. The number of aliphatic hydroxyl groups excluding tert-OH is 1. The standard InChI is InChI=1S/C18H31N3O3/c1-18(9-4-3-7-16(18)22)14-21-17(20-11-13-23-2)19-10-8-15-6-5-12-24-15/h5-6,12,16,22H,3-4,7-11,13-14H2,1-2H3,(H2,19,20,21). The van der Waals surface area contributed by atoms with Crippen molar-refractivity contribution < 1.29 is 14.3 Å². The fourth-order valence-electron chi connectivity index (χ4n) is 3.03. The van der Waals surface area contributed by atoms with Gasteiger partial charge in [0.15, 0.2) is 5.96 Å². The van der Waals surface area contributed by atoms with Crippen LogP contribution in [0.2, 0.25) is 0 Å². The van der Waals surface area contributed by atoms with Gasteiger partial charge in [-0.05, 0) is 25.0 Å². The van der Waals surface area contributed by atoms with E-state index in [2.05, 4.69) is 17.6 Å². The number of aliphatic imine (C=N–C) groups is 1. The summed E-state index contributed by atoms with van der Waals surface area (Å²) in [5, 5.41) is 16.9. The van der Waals surface area contributed by atoms with Crippen molar-refractivity contribution in [2.24, 2.45) is 10.4 Å². The average Bonchev–Trinajstić information content (AvgIpc) is 3.09. The van der Waals surface area contributed by atoms with E-state index in [4.69, 9.17) is 14.1 Å². The van der Waals surface area contributed by atoms with E-state index in [1.165, 1.54) is 6.42 Å². The lowest BCUT2D eigenvalue weighted by molar-refractivity contribution is 0.00716. The maximum atomic E-state index is 10.3. The molecule has 1 aliphatic rings. The fraction of sp³-hybridized carbons (Fsp3) is 0.722. The molecule has 24 heavy (non-hydrogen) atoms. The number of guanidine groups is 1. The van der Waals surface area contributed by atoms with Gasteiger partial charge in [-0.1, -0.05) is 19.8 Å². The third-order valence-corrected chi connectivity index (χ3v) is 4.72. The molecule has 1 aliphatic carbocycles. The van der Waals surface area contributed by atoms with E-state index in [0.29, 0.717) is 19.7 Å². The lowest BCUT2D eigenvalue weighted by atomic mass is 9.73. The maximum absolute atomic E-state index is 10.3. The monoisotopic (exact) mass is 337 g/mol. The van der Waals surface area contributed by atoms with Gasteiger partial charge in [0, 0.05) is 32.0 Å². The zero-order valence-electron chi connectivity index (χ0n) is 14.9. The van der Waals surface area contributed by atoms with Crippen molar-refractivity contribution in [3.63, 3.8) is 0 Å². The molecular weight excluding hydrogens is 306 g/mol. The average molecular weight is 337 g/mol. The first-order valence-corrected chi connectivity index (χ1v) is 8.85. The van der Waals surface area contributed by atoms with Crippen LogP contribution in [0.15, 0.2) is 27.8 Å². The van der Waals surface area contributed by atoms with Crippen LogP contribution in [0.4, 0.5) is 0 Å². The van der Waals surface area contributed by atoms with Crippen LogP contribution < -0.4 is 10.6 Å². The Balaban J connectivity index is 1.87. The van der Waals surface area contributed by atoms with E-state index >= 15 is 0 Å². The van der Waals surface area contributed by atoms with Gasteiger partial charge in [0.05, 0.1) is 25.5 Å². The van der Waals surface area contributed by atoms with Crippen LogP contribution in [0.5, 0.6) is 0 Å². The van der Waals surface area contributed by atoms with Crippen LogP contribution >= 0.6 is 0 Å². The highest BCUT2D eigenvalue weighted by Crippen LogP contribution is 2.36. The summed E-state index contributed by atoms with van der Waals surface area (Å²) in [7, 11) is 1.68. The molecule has 1 heterocycles. The quantitative estimate of drug-likeness (QED) is 0.384. The number of hydrogen-bond donors (Lipinski definition) is 3. The minimum Gasteiger partial charge on any atom is -0.469 e. The Kier molecular flexibility index (Phi) is 7.59. The van der Waals surface area contributed by atoms with Crippen molar-refractivity contribution in [2.45, 2.75) is 45.1 Å². The van der Waals surface area contributed by atoms with Crippen molar-refractivity contribution in [3.8, 4) is 0 Å². The number of methoxy groups -OCH3 is 1. The molecule has 1 saturated carbocycles. The third kappa shape index (κ3) is 5.83. The Morgan fingerprint density at radius 2 is 2.25 bits per heavy atom. The van der Waals surface area contributed by atoms with Crippen molar-refractivity contribution in [1.82, 2.24) is 10.6 Å². The molecule has 0 spiro atoms. The Morgan fingerprint density at radius 1 is 1.42 bits per heavy atom. The van der Waals surface area contributed by atoms with Crippen molar-refractivity contribution in [3.05, 3.63) is 24.2 Å². The highest BCUT2D eigenvalue weighted by Gasteiger charge is 2.35. The Bertz CT molecular complexity index is 490. The van der Waals surface area contributed by atoms with Crippen molar-refractivity contribution >= 4 is 5.96 Å². The van der Waals surface area contributed by atoms with Gasteiger partial charge in [0.2, 0.25) is 0 Å². The molecule has 0 radical (unpaired) electrons. The molecular formula is C18H31N3O3. The molecule has 0 amide bonds. The predicted molar refractivity (Wildman–Crippen MR) is 95.2 cm³/mol. The molecule has 6 nitrogen and oxygen atoms in total. The van der Waals surface area contributed by atoms with Gasteiger partial charge in [0.25, 0.3) is 0 Å². The Morgan fingerprint density at radius 3 is 2.96 bits per heavy atom. The highest BCUT2D eigenvalue weighted by atomic mass is 16.5. The third-order valence-electron chi connectivity index (χ3n) is 4.72. The van der Waals surface area contributed by atoms with Gasteiger partial charge in [-0.3, -0.25) is 4.99 Å². The molecule has 2 unspecified atom stereocenters. The molecule has 1 aromatic heterocycles. The van der Waals surface area contributed by atoms with Crippen molar-refractivity contribution in [1.29, 1.82) is 0 Å². The summed E-state index contributed by atoms with van der Waals surface area (Å²) in [4.78, 5) is 4.71. The molecule has 0 saturated heterocycles. The zero-order chi connectivity index (χ0) is 17.3. The normalized spacial score (nSPS) is 24.8. The van der Waals surface area contributed by atoms with Gasteiger partial charge in [0.1, 0.15) is 5.76 Å². The molecule has 2 rings (SSSR count). The molecule has 2 atom stereocenters. The van der Waals surface area contributed by atoms with E-state index in [0.717, 1.165) is 43.9 Å². The molecule has 0 aromatic carbocycles. The summed E-state index contributed by atoms with van der Waals surface area (Å²) >= 11 is 0. The van der Waals surface area contributed by atoms with Crippen LogP contribution in [-0.4, -0.2) is 50.5 Å². The molecule has 1 aromatic rings. The molecule has 3 N–H and O–H groups in total. The molecule has 136 valence electrons. The maximum Gasteiger partial charge on any atom is 0.191 e. The number of ether oxygens (including phenoxy) is 1. The minimum absolute atomic E-state index is 0.130. The number of aliphatic hydroxyl groups is 1. The smallest absolute Gasteiger partial charge is 0.191 e. The number of nitrogens with zero attached hydrogens (tertiary/aromatic N) is 1. The second-order valence-electron chi connectivity index (χ2n) is 6.76. The van der Waals surface area contributed by atoms with Gasteiger partial charge in [-0.25, -0.2) is 0 Å². The summed E-state index contributed by atoms with van der Waals surface area (Å²) in [6.45, 7) is 4.82. The van der Waals surface area contributed by atoms with E-state index in [-0.39, 0.29) is 11.5 Å². The van der Waals surface area contributed by atoms with Gasteiger partial charge < -0.3 is 24.9 Å². The second kappa shape index (κ2) is 9.69. The van der Waals surface area contributed by atoms with E-state index in [1.54, 1.807) is 13.4 Å². The van der Waals surface area contributed by atoms with Gasteiger partial charge in [-0.15, -0.1) is 0 Å². The van der Waals surface area contributed by atoms with E-state index in [9.17, 15) is 5.11 Å². The lowest BCUT2D eigenvalue weighted by Crippen LogP contribution is -2.43. The number of rotatable bonds is 8. The van der Waals surface area contributed by atoms with Crippen molar-refractivity contribution in [2.75, 3.05) is 33.4 Å². The number of furan rings is 1. The Labute approximate surface area is 144 Å². The topological polar surface area (TPSA) is 79.0 Å². The highest BCUT2D eigenvalue weighted by molar-refractivity contribution is 5.79. The minimum atomic E-state index is -0.265. The molecule has 1 fully saturated rings. The number of hydrogen-bond acceptors (Lipinski definition) is 4. The zero-order valence-corrected chi connectivity index (χ0v) is 14.9. The first kappa shape index (κ1) is 18.8. The Hall–Kier alpha value is -1.53. The first-order valence-electron chi connectivity index (χ1n) is 8.85. The predicted octanol–water partition coefficient (Wildman–Crippen LogP) is 1.94. The molecule has 0 bridgehead atoms. The molecule has 6 heteroatoms. The van der Waals surface area contributed by atoms with Crippen LogP contribution in [0.3, 0.4) is 0 Å². The summed E-state index contributed by atoms with van der Waals surface area (Å²) < 4.78 is 10.4. The van der Waals surface area contributed by atoms with E-state index in [1.807, 2.05) is 12.1 Å². The number of nitrogens with one attached hydrogen (secondary N) is 2. The second-order valence-corrected chi connectivity index (χ2v) is 6.76. The van der Waals surface area contributed by atoms with E-state index < -0.39 is 0 Å². The van der Waals surface area contributed by atoms with Crippen LogP contribution in [0.1, 0.15) is 38.4 Å². The SMILES string of the molecule is COCCNC(=NCC1(C)CCCCC1O)NCCc1ccco1. The molecule has 0 aliphatic heterocycles. The summed E-state index contributed by atoms with van der Waals surface area (Å²) in [6.07, 6.45) is 6.41. The lowest BCUT2D eigenvalue weighted by Gasteiger charge is -2.37. The summed E-state index contributed by atoms with van der Waals surface area (Å²) in [6, 6.07) is 3.86. The van der Waals surface area contributed by atoms with Crippen LogP contribution in [0.25, 0.3) is 0 Å². The van der Waals surface area contributed by atoms with Crippen LogP contribution in [0, 0.1) is 5.41 Å². The van der Waals surface area contributed by atoms with Crippen LogP contribution in [-0.2, 0) is 11.2 Å². The largest absolute Gasteiger partial charge is 0.469 e.